The molecule has 0 aliphatic heterocycles. The summed E-state index contributed by atoms with van der Waals surface area (Å²) in [7, 11) is 1.54. The number of rotatable bonds is 39. The molecule has 0 aliphatic carbocycles. The molecule has 3 atom stereocenters. The Morgan fingerprint density at radius 1 is 0.618 bits per heavy atom. The van der Waals surface area contributed by atoms with Gasteiger partial charge in [0.2, 0.25) is 5.91 Å². The summed E-state index contributed by atoms with van der Waals surface area (Å²) < 4.78 is 23.4. The van der Waals surface area contributed by atoms with Gasteiger partial charge in [0.25, 0.3) is 0 Å². The highest BCUT2D eigenvalue weighted by atomic mass is 31.2. The van der Waals surface area contributed by atoms with E-state index in [0.717, 1.165) is 51.4 Å². The van der Waals surface area contributed by atoms with Crippen molar-refractivity contribution in [1.82, 2.24) is 5.32 Å². The van der Waals surface area contributed by atoms with Gasteiger partial charge in [-0.3, -0.25) is 13.8 Å². The summed E-state index contributed by atoms with van der Waals surface area (Å²) in [6, 6.07) is -0.864. The van der Waals surface area contributed by atoms with E-state index in [1.54, 1.807) is 6.08 Å². The number of amides is 1. The normalized spacial score (nSPS) is 15.0. The number of nitrogens with zero attached hydrogens (tertiary/aromatic N) is 1. The second-order valence-corrected chi connectivity index (χ2v) is 17.5. The first-order valence-corrected chi connectivity index (χ1v) is 23.7. The van der Waals surface area contributed by atoms with Gasteiger partial charge in [-0.2, -0.15) is 0 Å². The topological polar surface area (TPSA) is 105 Å². The van der Waals surface area contributed by atoms with Crippen LogP contribution >= 0.6 is 7.82 Å². The fourth-order valence-corrected chi connectivity index (χ4v) is 6.61. The van der Waals surface area contributed by atoms with Gasteiger partial charge in [0.05, 0.1) is 39.9 Å². The van der Waals surface area contributed by atoms with Crippen molar-refractivity contribution in [3.63, 3.8) is 0 Å². The number of carbonyl (C=O) groups is 1. The van der Waals surface area contributed by atoms with E-state index in [9.17, 15) is 19.4 Å². The van der Waals surface area contributed by atoms with Crippen LogP contribution in [0.3, 0.4) is 0 Å². The molecule has 8 nitrogen and oxygen atoms in total. The van der Waals surface area contributed by atoms with Gasteiger partial charge in [-0.15, -0.1) is 0 Å². The molecule has 0 spiro atoms. The number of likely N-dealkylation sites (N-methyl/N-ethyl adjacent to an activating group) is 1. The second kappa shape index (κ2) is 37.8. The summed E-state index contributed by atoms with van der Waals surface area (Å²) in [6.45, 7) is 4.68. The molecular formula is C46H86N2O6P+. The van der Waals surface area contributed by atoms with Crippen molar-refractivity contribution >= 4 is 13.7 Å². The first-order chi connectivity index (χ1) is 26.5. The maximum atomic E-state index is 12.8. The summed E-state index contributed by atoms with van der Waals surface area (Å²) in [6.07, 6.45) is 48.9. The number of phosphoric ester groups is 1. The van der Waals surface area contributed by atoms with E-state index >= 15 is 0 Å². The number of aliphatic hydroxyl groups excluding tert-OH is 1. The summed E-state index contributed by atoms with van der Waals surface area (Å²) in [5.41, 5.74) is 0. The predicted octanol–water partition coefficient (Wildman–Crippen LogP) is 12.2. The minimum Gasteiger partial charge on any atom is -0.387 e. The number of nitrogens with one attached hydrogen (secondary N) is 1. The minimum atomic E-state index is -4.34. The Kier molecular flexibility index (Phi) is 36.5. The van der Waals surface area contributed by atoms with Gasteiger partial charge in [0.15, 0.2) is 0 Å². The fraction of sp³-hybridized carbons (Fsp3) is 0.761. The van der Waals surface area contributed by atoms with Crippen LogP contribution in [0.4, 0.5) is 0 Å². The summed E-state index contributed by atoms with van der Waals surface area (Å²) in [5.74, 6) is -0.198. The molecule has 0 saturated carbocycles. The van der Waals surface area contributed by atoms with E-state index in [0.29, 0.717) is 17.4 Å². The summed E-state index contributed by atoms with van der Waals surface area (Å²) in [4.78, 5) is 23.0. The Hall–Kier alpha value is -1.80. The first-order valence-electron chi connectivity index (χ1n) is 22.2. The van der Waals surface area contributed by atoms with Gasteiger partial charge in [0, 0.05) is 6.42 Å². The van der Waals surface area contributed by atoms with Gasteiger partial charge in [-0.25, -0.2) is 4.57 Å². The van der Waals surface area contributed by atoms with E-state index in [-0.39, 0.29) is 19.1 Å². The molecule has 0 fully saturated rings. The number of allylic oxidation sites excluding steroid dienone is 9. The van der Waals surface area contributed by atoms with Crippen LogP contribution in [-0.4, -0.2) is 73.4 Å². The van der Waals surface area contributed by atoms with E-state index in [4.69, 9.17) is 9.05 Å². The van der Waals surface area contributed by atoms with Crippen molar-refractivity contribution in [1.29, 1.82) is 0 Å². The molecule has 0 rings (SSSR count). The van der Waals surface area contributed by atoms with Crippen LogP contribution in [0.2, 0.25) is 0 Å². The van der Waals surface area contributed by atoms with Crippen LogP contribution in [0, 0.1) is 0 Å². The number of phosphoric acid groups is 1. The van der Waals surface area contributed by atoms with Crippen LogP contribution in [-0.2, 0) is 18.4 Å². The third-order valence-electron chi connectivity index (χ3n) is 9.46. The fourth-order valence-electron chi connectivity index (χ4n) is 5.87. The Morgan fingerprint density at radius 3 is 1.64 bits per heavy atom. The molecule has 0 heterocycles. The molecule has 0 aliphatic rings. The third kappa shape index (κ3) is 40.2. The van der Waals surface area contributed by atoms with Gasteiger partial charge in [0.1, 0.15) is 13.2 Å². The molecular weight excluding hydrogens is 707 g/mol. The SMILES string of the molecule is CCCC/C=C/CC/C=C/C(O)C(COP(=O)(O)OCC[N+](C)(C)C)NC(=O)CCCCCCCCCCCC/C=C\C/C=C\C/C=C\CCCCCCC. The Bertz CT molecular complexity index is 1080. The Labute approximate surface area is 339 Å². The Morgan fingerprint density at radius 2 is 1.07 bits per heavy atom. The zero-order valence-electron chi connectivity index (χ0n) is 36.1. The lowest BCUT2D eigenvalue weighted by atomic mass is 10.0. The van der Waals surface area contributed by atoms with Gasteiger partial charge in [-0.05, 0) is 64.2 Å². The highest BCUT2D eigenvalue weighted by molar-refractivity contribution is 7.47. The molecule has 1 amide bonds. The van der Waals surface area contributed by atoms with Crippen LogP contribution in [0.1, 0.15) is 174 Å². The summed E-state index contributed by atoms with van der Waals surface area (Å²) >= 11 is 0. The van der Waals surface area contributed by atoms with Crippen LogP contribution in [0.25, 0.3) is 0 Å². The number of hydrogen-bond donors (Lipinski definition) is 3. The second-order valence-electron chi connectivity index (χ2n) is 16.1. The number of carbonyl (C=O) groups excluding carboxylic acids is 1. The molecule has 3 N–H and O–H groups in total. The lowest BCUT2D eigenvalue weighted by Crippen LogP contribution is -2.45. The molecule has 0 bridgehead atoms. The first kappa shape index (κ1) is 53.2. The third-order valence-corrected chi connectivity index (χ3v) is 10.4. The maximum Gasteiger partial charge on any atom is 0.472 e. The van der Waals surface area contributed by atoms with Crippen molar-refractivity contribution in [2.24, 2.45) is 0 Å². The quantitative estimate of drug-likeness (QED) is 0.0248. The number of hydrogen-bond acceptors (Lipinski definition) is 5. The highest BCUT2D eigenvalue weighted by Gasteiger charge is 2.27. The van der Waals surface area contributed by atoms with Crippen molar-refractivity contribution in [2.75, 3.05) is 40.9 Å². The molecule has 0 aromatic carbocycles. The lowest BCUT2D eigenvalue weighted by molar-refractivity contribution is -0.870. The van der Waals surface area contributed by atoms with E-state index in [2.05, 4.69) is 67.8 Å². The van der Waals surface area contributed by atoms with Gasteiger partial charge in [-0.1, -0.05) is 164 Å². The monoisotopic (exact) mass is 794 g/mol. The minimum absolute atomic E-state index is 0.0525. The zero-order chi connectivity index (χ0) is 40.7. The molecule has 0 saturated heterocycles. The molecule has 9 heteroatoms. The van der Waals surface area contributed by atoms with Gasteiger partial charge < -0.3 is 19.8 Å². The predicted molar refractivity (Wildman–Crippen MR) is 235 cm³/mol. The average Bonchev–Trinajstić information content (AvgIpc) is 3.13. The largest absolute Gasteiger partial charge is 0.472 e. The van der Waals surface area contributed by atoms with Crippen molar-refractivity contribution in [3.8, 4) is 0 Å². The standard InChI is InChI=1S/C46H85N2O6P/c1-6-8-10-12-14-16-17-18-19-20-21-22-23-24-25-26-27-28-29-30-31-32-34-36-38-40-46(50)47-44(43-54-55(51,52)53-42-41-48(3,4)5)45(49)39-37-35-33-15-13-11-9-7-2/h13,15,17-18,20-21,23-24,37,39,44-45,49H,6-12,14,16,19,22,25-36,38,40-43H2,1-5H3,(H-,47,50,51,52)/p+1/b15-13+,18-17-,21-20-,24-23-,39-37+. The molecule has 0 radical (unpaired) electrons. The van der Waals surface area contributed by atoms with Crippen molar-refractivity contribution < 1.29 is 32.9 Å². The maximum absolute atomic E-state index is 12.8. The average molecular weight is 794 g/mol. The van der Waals surface area contributed by atoms with E-state index < -0.39 is 20.0 Å². The number of quaternary nitrogens is 1. The van der Waals surface area contributed by atoms with Gasteiger partial charge >= 0.3 is 7.82 Å². The van der Waals surface area contributed by atoms with Crippen LogP contribution < -0.4 is 5.32 Å². The van der Waals surface area contributed by atoms with Crippen molar-refractivity contribution in [3.05, 3.63) is 60.8 Å². The lowest BCUT2D eigenvalue weighted by Gasteiger charge is -2.25. The molecule has 0 aromatic rings. The van der Waals surface area contributed by atoms with Crippen LogP contribution in [0.15, 0.2) is 60.8 Å². The molecule has 55 heavy (non-hydrogen) atoms. The number of unbranched alkanes of at least 4 members (excludes halogenated alkanes) is 18. The molecule has 320 valence electrons. The number of aliphatic hydroxyl groups is 1. The van der Waals surface area contributed by atoms with Crippen molar-refractivity contribution in [2.45, 2.75) is 187 Å². The zero-order valence-corrected chi connectivity index (χ0v) is 37.0. The molecule has 0 aromatic heterocycles. The highest BCUT2D eigenvalue weighted by Crippen LogP contribution is 2.43. The van der Waals surface area contributed by atoms with E-state index in [1.165, 1.54) is 103 Å². The smallest absolute Gasteiger partial charge is 0.387 e. The van der Waals surface area contributed by atoms with Crippen LogP contribution in [0.5, 0.6) is 0 Å². The molecule has 3 unspecified atom stereocenters. The Balaban J connectivity index is 4.20. The summed E-state index contributed by atoms with van der Waals surface area (Å²) in [5, 5.41) is 13.7. The van der Waals surface area contributed by atoms with E-state index in [1.807, 2.05) is 27.2 Å².